The molecule has 1 aromatic rings. The van der Waals surface area contributed by atoms with Crippen LogP contribution in [0.4, 0.5) is 5.69 Å². The van der Waals surface area contributed by atoms with Gasteiger partial charge in [-0.3, -0.25) is 0 Å². The van der Waals surface area contributed by atoms with Crippen LogP contribution in [0.1, 0.15) is 51.9 Å². The van der Waals surface area contributed by atoms with Crippen LogP contribution in [0.5, 0.6) is 0 Å². The van der Waals surface area contributed by atoms with Crippen molar-refractivity contribution in [3.8, 4) is 0 Å². The van der Waals surface area contributed by atoms with Gasteiger partial charge in [-0.05, 0) is 60.5 Å². The molecule has 9 heteroatoms. The zero-order valence-corrected chi connectivity index (χ0v) is 24.1. The maximum atomic E-state index is 13.1. The van der Waals surface area contributed by atoms with Gasteiger partial charge in [0.25, 0.3) is 0 Å². The van der Waals surface area contributed by atoms with Gasteiger partial charge >= 0.3 is 5.97 Å². The molecular formula is C25H45NO6Si2. The molecule has 0 amide bonds. The molecule has 1 saturated heterocycles. The highest BCUT2D eigenvalue weighted by Gasteiger charge is 2.49. The van der Waals surface area contributed by atoms with E-state index in [2.05, 4.69) is 46.9 Å². The molecule has 2 N–H and O–H groups in total. The second-order valence-corrected chi connectivity index (χ2v) is 18.6. The SMILES string of the molecule is CC[Si](CC)(CC)O[C@H]1[C@H](O[Si](CC)(CC)CC)COC(O)[C@@H]1OC(=O)c1ccc(NC)cc1. The minimum absolute atomic E-state index is 0.229. The van der Waals surface area contributed by atoms with Crippen molar-refractivity contribution in [2.75, 3.05) is 19.0 Å². The molecule has 194 valence electrons. The average Bonchev–Trinajstić information content (AvgIpc) is 2.89. The van der Waals surface area contributed by atoms with Gasteiger partial charge in [-0.25, -0.2) is 4.79 Å². The average molecular weight is 512 g/mol. The molecule has 0 saturated carbocycles. The Morgan fingerprint density at radius 2 is 1.41 bits per heavy atom. The number of benzene rings is 1. The Balaban J connectivity index is 2.39. The molecule has 7 nitrogen and oxygen atoms in total. The number of nitrogens with one attached hydrogen (secondary N) is 1. The number of hydrogen-bond donors (Lipinski definition) is 2. The molecule has 1 aliphatic rings. The third-order valence-corrected chi connectivity index (χ3v) is 17.0. The number of carbonyl (C=O) groups excluding carboxylic acids is 1. The van der Waals surface area contributed by atoms with Crippen molar-refractivity contribution in [2.45, 2.75) is 102 Å². The predicted molar refractivity (Wildman–Crippen MR) is 141 cm³/mol. The lowest BCUT2D eigenvalue weighted by molar-refractivity contribution is -0.245. The number of hydrogen-bond acceptors (Lipinski definition) is 7. The van der Waals surface area contributed by atoms with Crippen molar-refractivity contribution in [1.82, 2.24) is 0 Å². The fourth-order valence-electron chi connectivity index (χ4n) is 4.70. The number of anilines is 1. The van der Waals surface area contributed by atoms with E-state index in [1.165, 1.54) is 0 Å². The van der Waals surface area contributed by atoms with Crippen LogP contribution < -0.4 is 5.32 Å². The summed E-state index contributed by atoms with van der Waals surface area (Å²) in [5.74, 6) is -0.508. The second-order valence-electron chi connectivity index (χ2n) is 9.15. The first-order valence-electron chi connectivity index (χ1n) is 12.9. The van der Waals surface area contributed by atoms with Crippen LogP contribution in [-0.4, -0.2) is 66.0 Å². The standard InChI is InChI=1S/C25H45NO6Si2/c1-8-33(9-2,10-3)31-21-18-29-25(28)23(22(21)32-34(11-4,12-5)13-6)30-24(27)19-14-16-20(26-7)17-15-19/h14-17,21-23,25-26,28H,8-13,18H2,1-7H3/t21-,22+,23-,25?/m1/s1. The van der Waals surface area contributed by atoms with Crippen molar-refractivity contribution in [3.05, 3.63) is 29.8 Å². The fourth-order valence-corrected chi connectivity index (χ4v) is 10.4. The van der Waals surface area contributed by atoms with Gasteiger partial charge in [0, 0.05) is 12.7 Å². The van der Waals surface area contributed by atoms with Gasteiger partial charge in [0.05, 0.1) is 18.3 Å². The lowest BCUT2D eigenvalue weighted by Crippen LogP contribution is -2.62. The van der Waals surface area contributed by atoms with Gasteiger partial charge in [0.1, 0.15) is 6.10 Å². The third kappa shape index (κ3) is 6.70. The van der Waals surface area contributed by atoms with Gasteiger partial charge in [0.15, 0.2) is 29.0 Å². The van der Waals surface area contributed by atoms with E-state index in [0.29, 0.717) is 5.56 Å². The highest BCUT2D eigenvalue weighted by molar-refractivity contribution is 6.74. The summed E-state index contributed by atoms with van der Waals surface area (Å²) >= 11 is 0. The Labute approximate surface area is 207 Å². The molecule has 0 aromatic heterocycles. The Kier molecular flexibility index (Phi) is 11.2. The molecule has 34 heavy (non-hydrogen) atoms. The first-order valence-corrected chi connectivity index (χ1v) is 18.0. The van der Waals surface area contributed by atoms with Crippen LogP contribution >= 0.6 is 0 Å². The van der Waals surface area contributed by atoms with Gasteiger partial charge in [-0.15, -0.1) is 0 Å². The van der Waals surface area contributed by atoms with Crippen molar-refractivity contribution in [2.24, 2.45) is 0 Å². The van der Waals surface area contributed by atoms with Crippen LogP contribution in [0, 0.1) is 0 Å². The van der Waals surface area contributed by atoms with E-state index in [-0.39, 0.29) is 12.7 Å². The molecule has 0 radical (unpaired) electrons. The number of aliphatic hydroxyl groups excluding tert-OH is 1. The molecule has 1 aliphatic heterocycles. The minimum Gasteiger partial charge on any atom is -0.450 e. The van der Waals surface area contributed by atoms with E-state index in [0.717, 1.165) is 42.0 Å². The molecule has 1 aromatic carbocycles. The van der Waals surface area contributed by atoms with Crippen LogP contribution in [-0.2, 0) is 18.3 Å². The summed E-state index contributed by atoms with van der Waals surface area (Å²) < 4.78 is 25.3. The Morgan fingerprint density at radius 1 is 0.912 bits per heavy atom. The summed E-state index contributed by atoms with van der Waals surface area (Å²) in [6.45, 7) is 13.3. The smallest absolute Gasteiger partial charge is 0.338 e. The fraction of sp³-hybridized carbons (Fsp3) is 0.720. The monoisotopic (exact) mass is 511 g/mol. The summed E-state index contributed by atoms with van der Waals surface area (Å²) in [4.78, 5) is 13.1. The van der Waals surface area contributed by atoms with Crippen LogP contribution in [0.3, 0.4) is 0 Å². The summed E-state index contributed by atoms with van der Waals surface area (Å²) in [5.41, 5.74) is 1.31. The van der Waals surface area contributed by atoms with Crippen LogP contribution in [0.2, 0.25) is 36.3 Å². The second kappa shape index (κ2) is 13.2. The zero-order valence-electron chi connectivity index (χ0n) is 22.1. The third-order valence-electron chi connectivity index (χ3n) is 7.71. The Bertz CT molecular complexity index is 738. The summed E-state index contributed by atoms with van der Waals surface area (Å²) in [6.07, 6.45) is -3.16. The highest BCUT2D eigenvalue weighted by atomic mass is 28.4. The largest absolute Gasteiger partial charge is 0.450 e. The molecular weight excluding hydrogens is 466 g/mol. The predicted octanol–water partition coefficient (Wildman–Crippen LogP) is 5.38. The molecule has 1 heterocycles. The number of ether oxygens (including phenoxy) is 2. The molecule has 4 atom stereocenters. The lowest BCUT2D eigenvalue weighted by atomic mass is 10.1. The Morgan fingerprint density at radius 3 is 1.88 bits per heavy atom. The topological polar surface area (TPSA) is 86.2 Å². The number of carbonyl (C=O) groups is 1. The number of esters is 1. The van der Waals surface area contributed by atoms with Gasteiger partial charge in [0.2, 0.25) is 0 Å². The molecule has 2 rings (SSSR count). The zero-order chi connectivity index (χ0) is 25.4. The number of rotatable bonds is 13. The van der Waals surface area contributed by atoms with E-state index >= 15 is 0 Å². The molecule has 0 spiro atoms. The van der Waals surface area contributed by atoms with E-state index in [1.807, 2.05) is 19.2 Å². The van der Waals surface area contributed by atoms with E-state index < -0.39 is 41.1 Å². The highest BCUT2D eigenvalue weighted by Crippen LogP contribution is 2.34. The summed E-state index contributed by atoms with van der Waals surface area (Å²) in [5, 5.41) is 13.8. The lowest BCUT2D eigenvalue weighted by Gasteiger charge is -2.46. The van der Waals surface area contributed by atoms with E-state index in [4.69, 9.17) is 18.3 Å². The molecule has 1 unspecified atom stereocenters. The quantitative estimate of drug-likeness (QED) is 0.271. The van der Waals surface area contributed by atoms with Crippen LogP contribution in [0.25, 0.3) is 0 Å². The van der Waals surface area contributed by atoms with E-state index in [1.54, 1.807) is 12.1 Å². The van der Waals surface area contributed by atoms with Gasteiger partial charge in [-0.2, -0.15) is 0 Å². The molecule has 0 aliphatic carbocycles. The molecule has 0 bridgehead atoms. The summed E-state index contributed by atoms with van der Waals surface area (Å²) in [7, 11) is -2.27. The minimum atomic E-state index is -2.10. The van der Waals surface area contributed by atoms with Crippen molar-refractivity contribution < 1.29 is 28.2 Å². The number of aliphatic hydroxyl groups is 1. The first-order chi connectivity index (χ1) is 16.3. The van der Waals surface area contributed by atoms with Crippen LogP contribution in [0.15, 0.2) is 24.3 Å². The Hall–Kier alpha value is -1.24. The maximum absolute atomic E-state index is 13.1. The van der Waals surface area contributed by atoms with Crippen molar-refractivity contribution >= 4 is 28.3 Å². The first kappa shape index (κ1) is 29.0. The molecule has 1 fully saturated rings. The van der Waals surface area contributed by atoms with Gasteiger partial charge < -0.3 is 28.7 Å². The van der Waals surface area contributed by atoms with Crippen molar-refractivity contribution in [3.63, 3.8) is 0 Å². The summed E-state index contributed by atoms with van der Waals surface area (Å²) in [6, 6.07) is 12.9. The van der Waals surface area contributed by atoms with Crippen molar-refractivity contribution in [1.29, 1.82) is 0 Å². The normalized spacial score (nSPS) is 23.5. The maximum Gasteiger partial charge on any atom is 0.338 e. The van der Waals surface area contributed by atoms with Gasteiger partial charge in [-0.1, -0.05) is 41.5 Å². The van der Waals surface area contributed by atoms with E-state index in [9.17, 15) is 9.90 Å².